The lowest BCUT2D eigenvalue weighted by atomic mass is 9.72. The quantitative estimate of drug-likeness (QED) is 0.388. The Balaban J connectivity index is 1.67. The zero-order chi connectivity index (χ0) is 28.0. The molecule has 0 spiro atoms. The molecule has 0 radical (unpaired) electrons. The Morgan fingerprint density at radius 2 is 1.84 bits per heavy atom. The van der Waals surface area contributed by atoms with Crippen LogP contribution in [0.15, 0.2) is 33.5 Å². The first kappa shape index (κ1) is 27.9. The first-order valence-electron chi connectivity index (χ1n) is 13.6. The van der Waals surface area contributed by atoms with Crippen molar-refractivity contribution in [3.8, 4) is 0 Å². The normalized spacial score (nSPS) is 20.6. The summed E-state index contributed by atoms with van der Waals surface area (Å²) in [5, 5.41) is 3.60. The highest BCUT2D eigenvalue weighted by molar-refractivity contribution is 6.00. The fourth-order valence-corrected chi connectivity index (χ4v) is 5.68. The maximum atomic E-state index is 13.8. The number of amides is 2. The fraction of sp³-hybridized carbons (Fsp3) is 0.600. The number of hydrazone groups is 1. The van der Waals surface area contributed by atoms with Gasteiger partial charge in [-0.05, 0) is 63.4 Å². The number of fused-ring (bicyclic) bond motifs is 1. The van der Waals surface area contributed by atoms with Crippen LogP contribution in [0, 0.1) is 5.41 Å². The Bertz CT molecular complexity index is 1270. The third kappa shape index (κ3) is 5.22. The maximum Gasteiger partial charge on any atom is 0.290 e. The van der Waals surface area contributed by atoms with E-state index in [2.05, 4.69) is 57.9 Å². The minimum atomic E-state index is -1.05. The van der Waals surface area contributed by atoms with Gasteiger partial charge in [-0.1, -0.05) is 34.6 Å². The van der Waals surface area contributed by atoms with Crippen molar-refractivity contribution in [2.75, 3.05) is 13.1 Å². The molecule has 4 rings (SSSR count). The average Bonchev–Trinajstić information content (AvgIpc) is 3.26. The van der Waals surface area contributed by atoms with E-state index in [9.17, 15) is 9.59 Å². The predicted molar refractivity (Wildman–Crippen MR) is 151 cm³/mol. The van der Waals surface area contributed by atoms with Crippen molar-refractivity contribution in [3.05, 3.63) is 41.0 Å². The number of nitrogens with zero attached hydrogens (tertiary/aromatic N) is 4. The molecule has 8 nitrogen and oxygen atoms in total. The highest BCUT2D eigenvalue weighted by atomic mass is 16.3. The summed E-state index contributed by atoms with van der Waals surface area (Å²) in [5.74, 6) is 0.173. The van der Waals surface area contributed by atoms with Crippen LogP contribution >= 0.6 is 0 Å². The highest BCUT2D eigenvalue weighted by Gasteiger charge is 2.45. The summed E-state index contributed by atoms with van der Waals surface area (Å²) in [6.45, 7) is 20.7. The lowest BCUT2D eigenvalue weighted by molar-refractivity contribution is -0.144. The average molecular weight is 522 g/mol. The zero-order valence-corrected chi connectivity index (χ0v) is 24.3. The van der Waals surface area contributed by atoms with Crippen LogP contribution in [0.3, 0.4) is 0 Å². The molecule has 3 heterocycles. The van der Waals surface area contributed by atoms with Crippen LogP contribution in [0.1, 0.15) is 109 Å². The van der Waals surface area contributed by atoms with Gasteiger partial charge in [0.25, 0.3) is 11.8 Å². The number of carbonyl (C=O) groups excluding carboxylic acids is 2. The van der Waals surface area contributed by atoms with Crippen LogP contribution in [0.2, 0.25) is 0 Å². The number of pyridine rings is 1. The zero-order valence-electron chi connectivity index (χ0n) is 24.3. The third-order valence-corrected chi connectivity index (χ3v) is 8.30. The van der Waals surface area contributed by atoms with Crippen LogP contribution in [0.4, 0.5) is 0 Å². The molecule has 0 bridgehead atoms. The first-order chi connectivity index (χ1) is 17.7. The summed E-state index contributed by atoms with van der Waals surface area (Å²) < 4.78 is 6.25. The van der Waals surface area contributed by atoms with Crippen molar-refractivity contribution in [2.24, 2.45) is 10.5 Å². The van der Waals surface area contributed by atoms with E-state index in [1.165, 1.54) is 12.8 Å². The molecule has 8 heteroatoms. The van der Waals surface area contributed by atoms with Gasteiger partial charge >= 0.3 is 0 Å². The minimum Gasteiger partial charge on any atom is -0.449 e. The standard InChI is InChI=1S/C30H43N5O3/c1-19(18-32-31-9)34-14-15-35(30(7,8)27(34)37)26(36)24-17-23-25(38-24)21(28(2,3)4)16-22(33-23)20-10-12-29(5,6)13-11-20/h16-18,20,32H,9-15H2,1-8H3/b19-18+. The number of rotatable bonds is 5. The molecule has 1 N–H and O–H groups in total. The summed E-state index contributed by atoms with van der Waals surface area (Å²) in [6, 6.07) is 3.96. The van der Waals surface area contributed by atoms with E-state index < -0.39 is 5.54 Å². The topological polar surface area (TPSA) is 91.0 Å². The van der Waals surface area contributed by atoms with Gasteiger partial charge in [0.05, 0.1) is 0 Å². The Hall–Kier alpha value is -3.16. The number of hydrogen-bond donors (Lipinski definition) is 1. The van der Waals surface area contributed by atoms with Gasteiger partial charge in [-0.25, -0.2) is 4.98 Å². The number of aromatic nitrogens is 1. The largest absolute Gasteiger partial charge is 0.449 e. The molecule has 2 fully saturated rings. The second-order valence-electron chi connectivity index (χ2n) is 13.2. The lowest BCUT2D eigenvalue weighted by Gasteiger charge is -2.45. The maximum absolute atomic E-state index is 13.8. The molecule has 1 aliphatic heterocycles. The summed E-state index contributed by atoms with van der Waals surface area (Å²) >= 11 is 0. The minimum absolute atomic E-state index is 0.163. The van der Waals surface area contributed by atoms with E-state index in [1.54, 1.807) is 35.9 Å². The van der Waals surface area contributed by atoms with E-state index in [0.29, 0.717) is 41.2 Å². The molecule has 2 amide bonds. The van der Waals surface area contributed by atoms with Crippen molar-refractivity contribution in [3.63, 3.8) is 0 Å². The third-order valence-electron chi connectivity index (χ3n) is 8.30. The summed E-state index contributed by atoms with van der Waals surface area (Å²) in [4.78, 5) is 35.5. The molecule has 206 valence electrons. The molecule has 2 aromatic rings. The summed E-state index contributed by atoms with van der Waals surface area (Å²) in [6.07, 6.45) is 6.22. The van der Waals surface area contributed by atoms with E-state index >= 15 is 0 Å². The Labute approximate surface area is 226 Å². The number of nitrogens with one attached hydrogen (secondary N) is 1. The lowest BCUT2D eigenvalue weighted by Crippen LogP contribution is -2.64. The van der Waals surface area contributed by atoms with Gasteiger partial charge in [-0.3, -0.25) is 15.0 Å². The SMILES string of the molecule is C=NN/C=C(\C)N1CCN(C(=O)c2cc3nc(C4CCC(C)(C)CC4)cc(C(C)(C)C)c3o2)C(C)(C)C1=O. The smallest absolute Gasteiger partial charge is 0.290 e. The molecule has 2 aliphatic rings. The van der Waals surface area contributed by atoms with E-state index in [0.717, 1.165) is 24.1 Å². The number of furan rings is 1. The van der Waals surface area contributed by atoms with Gasteiger partial charge < -0.3 is 14.2 Å². The highest BCUT2D eigenvalue weighted by Crippen LogP contribution is 2.43. The van der Waals surface area contributed by atoms with Crippen LogP contribution < -0.4 is 5.43 Å². The number of piperazine rings is 1. The van der Waals surface area contributed by atoms with Gasteiger partial charge in [0.1, 0.15) is 11.1 Å². The Morgan fingerprint density at radius 3 is 2.45 bits per heavy atom. The molecular weight excluding hydrogens is 478 g/mol. The number of allylic oxidation sites excluding steroid dienone is 1. The van der Waals surface area contributed by atoms with Crippen LogP contribution in [0.5, 0.6) is 0 Å². The van der Waals surface area contributed by atoms with Gasteiger partial charge in [-0.15, -0.1) is 0 Å². The van der Waals surface area contributed by atoms with Gasteiger partial charge in [0.2, 0.25) is 0 Å². The van der Waals surface area contributed by atoms with Crippen LogP contribution in [-0.2, 0) is 10.2 Å². The van der Waals surface area contributed by atoms with Gasteiger partial charge in [0.15, 0.2) is 11.3 Å². The Kier molecular flexibility index (Phi) is 7.23. The monoisotopic (exact) mass is 521 g/mol. The molecule has 0 aromatic carbocycles. The fourth-order valence-electron chi connectivity index (χ4n) is 5.68. The molecule has 1 aliphatic carbocycles. The van der Waals surface area contributed by atoms with Crippen molar-refractivity contribution in [1.82, 2.24) is 20.2 Å². The van der Waals surface area contributed by atoms with Crippen molar-refractivity contribution < 1.29 is 14.0 Å². The molecule has 38 heavy (non-hydrogen) atoms. The van der Waals surface area contributed by atoms with E-state index in [1.807, 2.05) is 6.92 Å². The Morgan fingerprint density at radius 1 is 1.18 bits per heavy atom. The molecule has 0 atom stereocenters. The van der Waals surface area contributed by atoms with Crippen LogP contribution in [0.25, 0.3) is 11.1 Å². The van der Waals surface area contributed by atoms with Gasteiger partial charge in [-0.2, -0.15) is 5.10 Å². The molecule has 0 unspecified atom stereocenters. The van der Waals surface area contributed by atoms with Crippen LogP contribution in [-0.4, -0.2) is 51.9 Å². The second-order valence-corrected chi connectivity index (χ2v) is 13.2. The first-order valence-corrected chi connectivity index (χ1v) is 13.6. The van der Waals surface area contributed by atoms with E-state index in [4.69, 9.17) is 9.40 Å². The van der Waals surface area contributed by atoms with E-state index in [-0.39, 0.29) is 23.0 Å². The molecular formula is C30H43N5O3. The van der Waals surface area contributed by atoms with Crippen molar-refractivity contribution in [1.29, 1.82) is 0 Å². The van der Waals surface area contributed by atoms with Crippen molar-refractivity contribution >= 4 is 29.6 Å². The van der Waals surface area contributed by atoms with Gasteiger partial charge in [0, 0.05) is 54.9 Å². The van der Waals surface area contributed by atoms with Crippen molar-refractivity contribution in [2.45, 2.75) is 97.9 Å². The predicted octanol–water partition coefficient (Wildman–Crippen LogP) is 5.94. The number of carbonyl (C=O) groups is 2. The summed E-state index contributed by atoms with van der Waals surface area (Å²) in [7, 11) is 0. The second kappa shape index (κ2) is 9.86. The molecule has 2 aromatic heterocycles. The number of hydrogen-bond acceptors (Lipinski definition) is 6. The molecule has 1 saturated carbocycles. The molecule has 1 saturated heterocycles. The summed E-state index contributed by atoms with van der Waals surface area (Å²) in [5.41, 5.74) is 6.06.